The lowest BCUT2D eigenvalue weighted by Crippen LogP contribution is -2.61. The van der Waals surface area contributed by atoms with E-state index in [1.165, 1.54) is 24.0 Å². The predicted octanol–water partition coefficient (Wildman–Crippen LogP) is 5.65. The quantitative estimate of drug-likeness (QED) is 0.687. The second-order valence-corrected chi connectivity index (χ2v) is 9.68. The summed E-state index contributed by atoms with van der Waals surface area (Å²) < 4.78 is 39.9. The van der Waals surface area contributed by atoms with Crippen molar-refractivity contribution >= 4 is 0 Å². The first kappa shape index (κ1) is 18.3. The fourth-order valence-corrected chi connectivity index (χ4v) is 5.52. The molecule has 2 bridgehead atoms. The second kappa shape index (κ2) is 5.95. The van der Waals surface area contributed by atoms with Crippen molar-refractivity contribution in [2.75, 3.05) is 6.54 Å². The molecule has 2 aliphatic heterocycles. The van der Waals surface area contributed by atoms with Crippen LogP contribution in [0.15, 0.2) is 18.5 Å². The minimum absolute atomic E-state index is 0.0270. The molecule has 0 spiro atoms. The molecule has 1 aromatic rings. The smallest absolute Gasteiger partial charge is 0.286 e. The van der Waals surface area contributed by atoms with Gasteiger partial charge in [0.25, 0.3) is 0 Å². The maximum atomic E-state index is 13.3. The first-order valence-electron chi connectivity index (χ1n) is 9.87. The van der Waals surface area contributed by atoms with Crippen LogP contribution in [0.2, 0.25) is 0 Å². The van der Waals surface area contributed by atoms with Crippen molar-refractivity contribution in [3.8, 4) is 0 Å². The van der Waals surface area contributed by atoms with Crippen LogP contribution < -0.4 is 0 Å². The molecule has 0 radical (unpaired) electrons. The molecule has 26 heavy (non-hydrogen) atoms. The van der Waals surface area contributed by atoms with Crippen LogP contribution in [0.1, 0.15) is 82.3 Å². The third-order valence-electron chi connectivity index (χ3n) is 7.07. The number of nitrogens with zero attached hydrogens (tertiary/aromatic N) is 2. The van der Waals surface area contributed by atoms with Gasteiger partial charge in [0.15, 0.2) is 0 Å². The summed E-state index contributed by atoms with van der Waals surface area (Å²) in [5.41, 5.74) is 1.98. The molecule has 3 aliphatic rings. The van der Waals surface area contributed by atoms with Crippen LogP contribution in [-0.2, 0) is 0 Å². The molecule has 5 heteroatoms. The van der Waals surface area contributed by atoms with Crippen LogP contribution >= 0.6 is 0 Å². The lowest BCUT2D eigenvalue weighted by atomic mass is 9.65. The third kappa shape index (κ3) is 3.17. The van der Waals surface area contributed by atoms with Crippen LogP contribution in [0.5, 0.6) is 0 Å². The summed E-state index contributed by atoms with van der Waals surface area (Å²) in [5.74, 6) is 0.971. The van der Waals surface area contributed by atoms with Crippen LogP contribution in [-0.4, -0.2) is 34.2 Å². The molecule has 3 heterocycles. The Labute approximate surface area is 154 Å². The first-order chi connectivity index (χ1) is 12.1. The molecule has 0 amide bonds. The number of pyridine rings is 1. The molecule has 0 aromatic carbocycles. The number of halogens is 3. The van der Waals surface area contributed by atoms with Crippen molar-refractivity contribution in [1.29, 1.82) is 0 Å². The van der Waals surface area contributed by atoms with Gasteiger partial charge in [0.2, 0.25) is 0 Å². The molecule has 3 fully saturated rings. The third-order valence-corrected chi connectivity index (χ3v) is 7.07. The lowest BCUT2D eigenvalue weighted by molar-refractivity contribution is -0.176. The molecular weight excluding hydrogens is 337 g/mol. The highest BCUT2D eigenvalue weighted by atomic mass is 19.4. The number of fused-ring (bicyclic) bond motifs is 2. The fourth-order valence-electron chi connectivity index (χ4n) is 5.52. The maximum absolute atomic E-state index is 13.3. The SMILES string of the molecule is CC(C)(C)[C@]12CC[C@H](CC(c3cncc(C4CC4)c3)C1)N2CC(F)(F)F. The highest BCUT2D eigenvalue weighted by Gasteiger charge is 2.59. The Hall–Kier alpha value is -1.10. The summed E-state index contributed by atoms with van der Waals surface area (Å²) in [6.45, 7) is 5.56. The predicted molar refractivity (Wildman–Crippen MR) is 96.2 cm³/mol. The van der Waals surface area contributed by atoms with Gasteiger partial charge in [0.05, 0.1) is 6.54 Å². The molecule has 1 saturated carbocycles. The van der Waals surface area contributed by atoms with Gasteiger partial charge in [-0.3, -0.25) is 9.88 Å². The van der Waals surface area contributed by atoms with Crippen molar-refractivity contribution in [1.82, 2.24) is 9.88 Å². The normalized spacial score (nSPS) is 32.8. The van der Waals surface area contributed by atoms with E-state index in [9.17, 15) is 13.2 Å². The Balaban J connectivity index is 1.65. The number of hydrogen-bond acceptors (Lipinski definition) is 2. The highest BCUT2D eigenvalue weighted by molar-refractivity contribution is 5.29. The molecule has 0 N–H and O–H groups in total. The van der Waals surface area contributed by atoms with Crippen molar-refractivity contribution in [3.63, 3.8) is 0 Å². The molecule has 2 saturated heterocycles. The summed E-state index contributed by atoms with van der Waals surface area (Å²) in [7, 11) is 0. The van der Waals surface area contributed by atoms with Gasteiger partial charge in [-0.05, 0) is 66.9 Å². The zero-order chi connectivity index (χ0) is 18.7. The van der Waals surface area contributed by atoms with Crippen molar-refractivity contribution in [2.24, 2.45) is 5.41 Å². The summed E-state index contributed by atoms with van der Waals surface area (Å²) >= 11 is 0. The molecule has 1 aromatic heterocycles. The van der Waals surface area contributed by atoms with E-state index in [0.717, 1.165) is 25.7 Å². The number of aromatic nitrogens is 1. The number of piperidine rings is 1. The van der Waals surface area contributed by atoms with E-state index in [4.69, 9.17) is 0 Å². The molecule has 1 aliphatic carbocycles. The van der Waals surface area contributed by atoms with Gasteiger partial charge < -0.3 is 0 Å². The van der Waals surface area contributed by atoms with Crippen LogP contribution in [0.3, 0.4) is 0 Å². The van der Waals surface area contributed by atoms with Gasteiger partial charge >= 0.3 is 6.18 Å². The van der Waals surface area contributed by atoms with Gasteiger partial charge in [-0.25, -0.2) is 0 Å². The zero-order valence-corrected chi connectivity index (χ0v) is 15.9. The van der Waals surface area contributed by atoms with E-state index >= 15 is 0 Å². The van der Waals surface area contributed by atoms with Crippen LogP contribution in [0.25, 0.3) is 0 Å². The van der Waals surface area contributed by atoms with Gasteiger partial charge in [-0.2, -0.15) is 13.2 Å². The Morgan fingerprint density at radius 1 is 1.08 bits per heavy atom. The van der Waals surface area contributed by atoms with Crippen molar-refractivity contribution in [2.45, 2.75) is 88.9 Å². The summed E-state index contributed by atoms with van der Waals surface area (Å²) in [6.07, 6.45) is 5.62. The topological polar surface area (TPSA) is 16.1 Å². The molecular formula is C21H29F3N2. The van der Waals surface area contributed by atoms with E-state index in [1.807, 2.05) is 17.3 Å². The number of hydrogen-bond donors (Lipinski definition) is 0. The van der Waals surface area contributed by atoms with E-state index in [-0.39, 0.29) is 17.0 Å². The number of rotatable bonds is 3. The Morgan fingerprint density at radius 3 is 2.31 bits per heavy atom. The second-order valence-electron chi connectivity index (χ2n) is 9.68. The average molecular weight is 366 g/mol. The minimum Gasteiger partial charge on any atom is -0.286 e. The van der Waals surface area contributed by atoms with Crippen molar-refractivity contribution in [3.05, 3.63) is 29.6 Å². The fraction of sp³-hybridized carbons (Fsp3) is 0.762. The van der Waals surface area contributed by atoms with E-state index < -0.39 is 12.7 Å². The summed E-state index contributed by atoms with van der Waals surface area (Å²) in [6, 6.07) is 2.31. The number of alkyl halides is 3. The van der Waals surface area contributed by atoms with Gasteiger partial charge in [0, 0.05) is 24.0 Å². The Morgan fingerprint density at radius 2 is 1.73 bits per heavy atom. The Kier molecular flexibility index (Phi) is 4.18. The monoisotopic (exact) mass is 366 g/mol. The van der Waals surface area contributed by atoms with Crippen LogP contribution in [0.4, 0.5) is 13.2 Å². The molecule has 2 nitrogen and oxygen atoms in total. The lowest BCUT2D eigenvalue weighted by Gasteiger charge is -2.55. The first-order valence-corrected chi connectivity index (χ1v) is 9.87. The van der Waals surface area contributed by atoms with E-state index in [1.54, 1.807) is 0 Å². The van der Waals surface area contributed by atoms with Crippen LogP contribution in [0, 0.1) is 5.41 Å². The summed E-state index contributed by atoms with van der Waals surface area (Å²) in [4.78, 5) is 6.27. The highest BCUT2D eigenvalue weighted by Crippen LogP contribution is 2.57. The maximum Gasteiger partial charge on any atom is 0.401 e. The van der Waals surface area contributed by atoms with Gasteiger partial charge in [0.1, 0.15) is 0 Å². The zero-order valence-electron chi connectivity index (χ0n) is 15.9. The van der Waals surface area contributed by atoms with Crippen molar-refractivity contribution < 1.29 is 13.2 Å². The minimum atomic E-state index is -4.14. The van der Waals surface area contributed by atoms with E-state index in [0.29, 0.717) is 11.8 Å². The molecule has 4 rings (SSSR count). The van der Waals surface area contributed by atoms with E-state index in [2.05, 4.69) is 31.8 Å². The largest absolute Gasteiger partial charge is 0.401 e. The average Bonchev–Trinajstić information content (AvgIpc) is 3.35. The molecule has 1 unspecified atom stereocenters. The van der Waals surface area contributed by atoms with Gasteiger partial charge in [-0.15, -0.1) is 0 Å². The van der Waals surface area contributed by atoms with Gasteiger partial charge in [-0.1, -0.05) is 26.8 Å². The molecule has 144 valence electrons. The Bertz CT molecular complexity index is 675. The molecule has 3 atom stereocenters. The standard InChI is InChI=1S/C21H29F3N2/c1-19(2,3)20-7-6-18(26(20)13-21(22,23)24)9-15(10-20)17-8-16(11-25-12-17)14-4-5-14/h8,11-12,14-15,18H,4-7,9-10,13H2,1-3H3/t15?,18-,20+/m1/s1. The summed E-state index contributed by atoms with van der Waals surface area (Å²) in [5, 5.41) is 0.